The first kappa shape index (κ1) is 29.8. The van der Waals surface area contributed by atoms with Crippen LogP contribution in [-0.2, 0) is 15.8 Å². The van der Waals surface area contributed by atoms with Crippen molar-refractivity contribution in [1.82, 2.24) is 19.4 Å². The molecular formula is C33H41ClN6O2Si. The van der Waals surface area contributed by atoms with Crippen molar-refractivity contribution >= 4 is 43.0 Å². The number of carbonyl (C=O) groups excluding carboxylic acids is 1. The van der Waals surface area contributed by atoms with Gasteiger partial charge in [-0.05, 0) is 73.1 Å². The molecule has 0 radical (unpaired) electrons. The Morgan fingerprint density at radius 1 is 1.12 bits per heavy atom. The number of pyridine rings is 3. The van der Waals surface area contributed by atoms with E-state index in [4.69, 9.17) is 21.0 Å². The fraction of sp³-hybridized carbons (Fsp3) is 0.455. The zero-order valence-electron chi connectivity index (χ0n) is 25.7. The van der Waals surface area contributed by atoms with E-state index in [-0.39, 0.29) is 22.8 Å². The van der Waals surface area contributed by atoms with E-state index in [1.165, 1.54) is 18.4 Å². The Hall–Kier alpha value is -3.27. The molecule has 0 aliphatic heterocycles. The van der Waals surface area contributed by atoms with Gasteiger partial charge in [-0.2, -0.15) is 0 Å². The number of hydrogen-bond donors (Lipinski definition) is 1. The molecule has 4 aromatic heterocycles. The first-order valence-electron chi connectivity index (χ1n) is 15.2. The lowest BCUT2D eigenvalue weighted by Crippen LogP contribution is -2.42. The third-order valence-corrected chi connectivity index (χ3v) is 13.9. The van der Waals surface area contributed by atoms with Crippen LogP contribution in [0.3, 0.4) is 0 Å². The maximum absolute atomic E-state index is 13.1. The van der Waals surface area contributed by atoms with Crippen LogP contribution >= 0.6 is 11.6 Å². The van der Waals surface area contributed by atoms with Gasteiger partial charge in [0.25, 0.3) is 0 Å². The molecule has 0 bridgehead atoms. The van der Waals surface area contributed by atoms with Gasteiger partial charge in [-0.3, -0.25) is 9.78 Å². The van der Waals surface area contributed by atoms with E-state index in [1.54, 1.807) is 18.5 Å². The Balaban J connectivity index is 1.18. The molecule has 0 aromatic carbocycles. The van der Waals surface area contributed by atoms with Crippen molar-refractivity contribution in [2.45, 2.75) is 76.5 Å². The van der Waals surface area contributed by atoms with Gasteiger partial charge in [-0.15, -0.1) is 0 Å². The van der Waals surface area contributed by atoms with Gasteiger partial charge in [0.2, 0.25) is 5.91 Å². The van der Waals surface area contributed by atoms with Crippen LogP contribution in [0.2, 0.25) is 23.2 Å². The van der Waals surface area contributed by atoms with Crippen LogP contribution in [0.25, 0.3) is 5.65 Å². The number of imidazole rings is 1. The quantitative estimate of drug-likeness (QED) is 0.176. The number of halogens is 1. The van der Waals surface area contributed by atoms with Crippen LogP contribution in [0.5, 0.6) is 0 Å². The van der Waals surface area contributed by atoms with Crippen molar-refractivity contribution in [2.24, 2.45) is 5.92 Å². The standard InChI is InChI=1S/C33H41ClN6O2Si/c1-33(2,3)43(4,5)42-15-14-39(20-25-21-40-19-23(22-6-7-22)8-9-31(40)37-25)26-11-13-36-30(17-26)38-32(41)28-18-27(28)29-16-24(34)10-12-35-29/h8-13,16-17,19,21-22,27-28H,6-7,14-15,18,20H2,1-5H3,(H,36,38,41)/t27-,28-/m0/s1. The van der Waals surface area contributed by atoms with Crippen LogP contribution < -0.4 is 10.2 Å². The molecule has 10 heteroatoms. The normalized spacial score (nSPS) is 18.6. The molecular weight excluding hydrogens is 576 g/mol. The molecule has 4 heterocycles. The van der Waals surface area contributed by atoms with Gasteiger partial charge in [0.05, 0.1) is 18.8 Å². The summed E-state index contributed by atoms with van der Waals surface area (Å²) >= 11 is 6.14. The molecule has 4 aromatic rings. The minimum Gasteiger partial charge on any atom is -0.415 e. The summed E-state index contributed by atoms with van der Waals surface area (Å²) in [7, 11) is -1.91. The number of aromatic nitrogens is 4. The molecule has 0 saturated heterocycles. The summed E-state index contributed by atoms with van der Waals surface area (Å²) in [6.07, 6.45) is 11.1. The SMILES string of the molecule is CC(C)(C)[Si](C)(C)OCCN(Cc1cn2cc(C3CC3)ccc2n1)c1ccnc(NC(=O)[C@H]2C[C@@H]2c2cc(Cl)ccn2)c1. The van der Waals surface area contributed by atoms with Crippen molar-refractivity contribution in [3.8, 4) is 0 Å². The van der Waals surface area contributed by atoms with E-state index in [0.29, 0.717) is 36.5 Å². The summed E-state index contributed by atoms with van der Waals surface area (Å²) in [4.78, 5) is 29.2. The third-order valence-electron chi connectivity index (χ3n) is 9.17. The maximum atomic E-state index is 13.1. The Morgan fingerprint density at radius 2 is 1.91 bits per heavy atom. The summed E-state index contributed by atoms with van der Waals surface area (Å²) in [5, 5.41) is 3.81. The second-order valence-corrected chi connectivity index (χ2v) is 18.7. The lowest BCUT2D eigenvalue weighted by molar-refractivity contribution is -0.117. The number of fused-ring (bicyclic) bond motifs is 1. The summed E-state index contributed by atoms with van der Waals surface area (Å²) in [6, 6.07) is 11.8. The molecule has 2 aliphatic carbocycles. The van der Waals surface area contributed by atoms with Gasteiger partial charge in [0, 0.05) is 65.6 Å². The fourth-order valence-corrected chi connectivity index (χ4v) is 6.46. The number of nitrogens with zero attached hydrogens (tertiary/aromatic N) is 5. The highest BCUT2D eigenvalue weighted by molar-refractivity contribution is 6.74. The Bertz CT molecular complexity index is 1630. The molecule has 8 nitrogen and oxygen atoms in total. The van der Waals surface area contributed by atoms with Crippen molar-refractivity contribution < 1.29 is 9.22 Å². The van der Waals surface area contributed by atoms with Crippen molar-refractivity contribution in [3.05, 3.63) is 83.2 Å². The van der Waals surface area contributed by atoms with Gasteiger partial charge in [0.1, 0.15) is 11.5 Å². The first-order chi connectivity index (χ1) is 20.5. The van der Waals surface area contributed by atoms with Gasteiger partial charge in [-0.25, -0.2) is 9.97 Å². The average molecular weight is 617 g/mol. The van der Waals surface area contributed by atoms with Crippen LogP contribution in [0, 0.1) is 5.92 Å². The molecule has 1 N–H and O–H groups in total. The fourth-order valence-electron chi connectivity index (χ4n) is 5.26. The highest BCUT2D eigenvalue weighted by Crippen LogP contribution is 2.47. The molecule has 0 unspecified atom stereocenters. The number of amides is 1. The van der Waals surface area contributed by atoms with Crippen molar-refractivity contribution in [1.29, 1.82) is 0 Å². The summed E-state index contributed by atoms with van der Waals surface area (Å²) in [6.45, 7) is 13.2. The van der Waals surface area contributed by atoms with E-state index in [1.807, 2.05) is 18.2 Å². The smallest absolute Gasteiger partial charge is 0.229 e. The number of carbonyl (C=O) groups is 1. The number of anilines is 2. The van der Waals surface area contributed by atoms with Gasteiger partial charge in [0.15, 0.2) is 8.32 Å². The first-order valence-corrected chi connectivity index (χ1v) is 18.5. The van der Waals surface area contributed by atoms with Crippen LogP contribution in [-0.4, -0.2) is 46.7 Å². The lowest BCUT2D eigenvalue weighted by atomic mass is 10.2. The second kappa shape index (κ2) is 11.7. The Morgan fingerprint density at radius 3 is 2.65 bits per heavy atom. The lowest BCUT2D eigenvalue weighted by Gasteiger charge is -2.37. The maximum Gasteiger partial charge on any atom is 0.229 e. The highest BCUT2D eigenvalue weighted by Gasteiger charge is 2.45. The largest absolute Gasteiger partial charge is 0.415 e. The predicted molar refractivity (Wildman–Crippen MR) is 174 cm³/mol. The molecule has 6 rings (SSSR count). The average Bonchev–Trinajstić information content (AvgIpc) is 3.88. The van der Waals surface area contributed by atoms with Crippen molar-refractivity contribution in [3.63, 3.8) is 0 Å². The monoisotopic (exact) mass is 616 g/mol. The highest BCUT2D eigenvalue weighted by atomic mass is 35.5. The second-order valence-electron chi connectivity index (χ2n) is 13.5. The summed E-state index contributed by atoms with van der Waals surface area (Å²) in [5.41, 5.74) is 5.14. The molecule has 226 valence electrons. The third kappa shape index (κ3) is 6.95. The van der Waals surface area contributed by atoms with Gasteiger partial charge in [-0.1, -0.05) is 38.4 Å². The number of hydrogen-bond acceptors (Lipinski definition) is 6. The molecule has 2 fully saturated rings. The summed E-state index contributed by atoms with van der Waals surface area (Å²) < 4.78 is 8.70. The molecule has 43 heavy (non-hydrogen) atoms. The predicted octanol–water partition coefficient (Wildman–Crippen LogP) is 7.43. The molecule has 2 atom stereocenters. The minimum atomic E-state index is -1.91. The molecule has 2 saturated carbocycles. The van der Waals surface area contributed by atoms with Gasteiger partial charge >= 0.3 is 0 Å². The van der Waals surface area contributed by atoms with E-state index in [9.17, 15) is 4.79 Å². The van der Waals surface area contributed by atoms with E-state index in [2.05, 4.69) is 83.0 Å². The Kier molecular flexibility index (Phi) is 8.08. The zero-order valence-corrected chi connectivity index (χ0v) is 27.4. The zero-order chi connectivity index (χ0) is 30.4. The summed E-state index contributed by atoms with van der Waals surface area (Å²) in [5.74, 6) is 1.13. The minimum absolute atomic E-state index is 0.0453. The number of nitrogens with one attached hydrogen (secondary N) is 1. The van der Waals surface area contributed by atoms with E-state index >= 15 is 0 Å². The van der Waals surface area contributed by atoms with Gasteiger partial charge < -0.3 is 19.0 Å². The molecule has 0 spiro atoms. The Labute approximate surface area is 260 Å². The van der Waals surface area contributed by atoms with Crippen LogP contribution in [0.1, 0.15) is 68.8 Å². The molecule has 1 amide bonds. The van der Waals surface area contributed by atoms with Crippen LogP contribution in [0.4, 0.5) is 11.5 Å². The topological polar surface area (TPSA) is 84.7 Å². The van der Waals surface area contributed by atoms with E-state index in [0.717, 1.165) is 29.1 Å². The van der Waals surface area contributed by atoms with Crippen molar-refractivity contribution in [2.75, 3.05) is 23.4 Å². The molecule has 2 aliphatic rings. The van der Waals surface area contributed by atoms with Crippen LogP contribution in [0.15, 0.2) is 61.2 Å². The van der Waals surface area contributed by atoms with E-state index < -0.39 is 8.32 Å². The number of rotatable bonds is 11.